The molecule has 0 saturated carbocycles. The molecular weight excluding hydrogens is 234 g/mol. The van der Waals surface area contributed by atoms with Crippen molar-refractivity contribution in [3.8, 4) is 11.1 Å². The standard InChI is InChI=1S/C17H21NO/c1-13(19-2)15-7-5-8-16(12-15)17-9-4-3-6-14(17)10-11-18/h3-9,12-13H,10-11,18H2,1-2H3/t13-/m0/s1. The molecule has 0 radical (unpaired) electrons. The lowest BCUT2D eigenvalue weighted by Gasteiger charge is -2.13. The normalized spacial score (nSPS) is 12.4. The first-order valence-corrected chi connectivity index (χ1v) is 6.67. The third kappa shape index (κ3) is 3.22. The summed E-state index contributed by atoms with van der Waals surface area (Å²) in [7, 11) is 1.74. The van der Waals surface area contributed by atoms with Crippen LogP contribution in [0.1, 0.15) is 24.2 Å². The molecule has 0 aliphatic heterocycles. The van der Waals surface area contributed by atoms with Crippen molar-refractivity contribution in [2.24, 2.45) is 5.73 Å². The summed E-state index contributed by atoms with van der Waals surface area (Å²) in [6.07, 6.45) is 1.02. The van der Waals surface area contributed by atoms with Crippen molar-refractivity contribution < 1.29 is 4.74 Å². The van der Waals surface area contributed by atoms with E-state index in [-0.39, 0.29) is 6.10 Å². The molecule has 2 nitrogen and oxygen atoms in total. The zero-order valence-electron chi connectivity index (χ0n) is 11.6. The van der Waals surface area contributed by atoms with Gasteiger partial charge in [-0.1, -0.05) is 42.5 Å². The monoisotopic (exact) mass is 255 g/mol. The van der Waals surface area contributed by atoms with Gasteiger partial charge in [0.1, 0.15) is 0 Å². The molecule has 2 rings (SSSR count). The second-order valence-electron chi connectivity index (χ2n) is 4.70. The van der Waals surface area contributed by atoms with Crippen LogP contribution < -0.4 is 5.73 Å². The van der Waals surface area contributed by atoms with Gasteiger partial charge in [0.05, 0.1) is 6.10 Å². The van der Waals surface area contributed by atoms with Crippen LogP contribution >= 0.6 is 0 Å². The maximum atomic E-state index is 5.69. The fraction of sp³-hybridized carbons (Fsp3) is 0.294. The molecule has 0 heterocycles. The van der Waals surface area contributed by atoms with Gasteiger partial charge in [0.2, 0.25) is 0 Å². The fourth-order valence-corrected chi connectivity index (χ4v) is 2.27. The first kappa shape index (κ1) is 13.8. The molecule has 0 fully saturated rings. The van der Waals surface area contributed by atoms with E-state index in [0.717, 1.165) is 6.42 Å². The number of benzene rings is 2. The Morgan fingerprint density at radius 2 is 1.89 bits per heavy atom. The highest BCUT2D eigenvalue weighted by Crippen LogP contribution is 2.27. The lowest BCUT2D eigenvalue weighted by Crippen LogP contribution is -2.04. The van der Waals surface area contributed by atoms with E-state index in [2.05, 4.69) is 55.5 Å². The van der Waals surface area contributed by atoms with E-state index >= 15 is 0 Å². The maximum absolute atomic E-state index is 5.69. The molecule has 0 aliphatic carbocycles. The lowest BCUT2D eigenvalue weighted by molar-refractivity contribution is 0.119. The number of hydrogen-bond acceptors (Lipinski definition) is 2. The van der Waals surface area contributed by atoms with Crippen molar-refractivity contribution in [1.29, 1.82) is 0 Å². The van der Waals surface area contributed by atoms with Crippen LogP contribution in [0.25, 0.3) is 11.1 Å². The predicted molar refractivity (Wildman–Crippen MR) is 80.1 cm³/mol. The molecule has 0 aliphatic rings. The van der Waals surface area contributed by atoms with E-state index in [1.165, 1.54) is 22.3 Å². The molecule has 0 unspecified atom stereocenters. The van der Waals surface area contributed by atoms with E-state index in [4.69, 9.17) is 10.5 Å². The molecule has 0 spiro atoms. The first-order valence-electron chi connectivity index (χ1n) is 6.67. The first-order chi connectivity index (χ1) is 9.26. The molecule has 19 heavy (non-hydrogen) atoms. The minimum Gasteiger partial charge on any atom is -0.377 e. The largest absolute Gasteiger partial charge is 0.377 e. The van der Waals surface area contributed by atoms with Gasteiger partial charge in [-0.05, 0) is 48.2 Å². The van der Waals surface area contributed by atoms with E-state index < -0.39 is 0 Å². The molecule has 100 valence electrons. The van der Waals surface area contributed by atoms with E-state index in [1.54, 1.807) is 7.11 Å². The van der Waals surface area contributed by atoms with Crippen molar-refractivity contribution >= 4 is 0 Å². The van der Waals surface area contributed by atoms with Gasteiger partial charge < -0.3 is 10.5 Å². The fourth-order valence-electron chi connectivity index (χ4n) is 2.27. The average molecular weight is 255 g/mol. The molecule has 2 aromatic carbocycles. The highest BCUT2D eigenvalue weighted by Gasteiger charge is 2.07. The zero-order chi connectivity index (χ0) is 13.7. The average Bonchev–Trinajstić information content (AvgIpc) is 2.47. The maximum Gasteiger partial charge on any atom is 0.0793 e. The molecule has 2 heteroatoms. The Labute approximate surface area is 115 Å². The molecule has 0 amide bonds. The summed E-state index contributed by atoms with van der Waals surface area (Å²) in [4.78, 5) is 0. The predicted octanol–water partition coefficient (Wildman–Crippen LogP) is 3.56. The summed E-state index contributed by atoms with van der Waals surface area (Å²) < 4.78 is 5.38. The van der Waals surface area contributed by atoms with Gasteiger partial charge in [0.25, 0.3) is 0 Å². The quantitative estimate of drug-likeness (QED) is 0.886. The number of methoxy groups -OCH3 is 1. The topological polar surface area (TPSA) is 35.2 Å². The molecule has 2 aromatic rings. The lowest BCUT2D eigenvalue weighted by atomic mass is 9.95. The van der Waals surface area contributed by atoms with Gasteiger partial charge in [0.15, 0.2) is 0 Å². The van der Waals surface area contributed by atoms with Crippen molar-refractivity contribution in [1.82, 2.24) is 0 Å². The van der Waals surface area contributed by atoms with Gasteiger partial charge in [-0.3, -0.25) is 0 Å². The van der Waals surface area contributed by atoms with Gasteiger partial charge in [-0.15, -0.1) is 0 Å². The third-order valence-electron chi connectivity index (χ3n) is 3.45. The second kappa shape index (κ2) is 6.50. The van der Waals surface area contributed by atoms with Crippen molar-refractivity contribution in [3.63, 3.8) is 0 Å². The summed E-state index contributed by atoms with van der Waals surface area (Å²) in [6.45, 7) is 2.73. The molecule has 0 saturated heterocycles. The van der Waals surface area contributed by atoms with Crippen LogP contribution in [0.3, 0.4) is 0 Å². The number of nitrogens with two attached hydrogens (primary N) is 1. The van der Waals surface area contributed by atoms with Crippen LogP contribution in [0, 0.1) is 0 Å². The van der Waals surface area contributed by atoms with Crippen LogP contribution in [0.5, 0.6) is 0 Å². The van der Waals surface area contributed by atoms with E-state index in [0.29, 0.717) is 6.54 Å². The van der Waals surface area contributed by atoms with E-state index in [9.17, 15) is 0 Å². The Bertz CT molecular complexity index is 536. The van der Waals surface area contributed by atoms with Crippen molar-refractivity contribution in [2.45, 2.75) is 19.4 Å². The molecule has 1 atom stereocenters. The van der Waals surface area contributed by atoms with Gasteiger partial charge in [-0.2, -0.15) is 0 Å². The molecule has 0 aromatic heterocycles. The Morgan fingerprint density at radius 3 is 2.63 bits per heavy atom. The summed E-state index contributed by atoms with van der Waals surface area (Å²) in [5, 5.41) is 0. The van der Waals surface area contributed by atoms with Gasteiger partial charge in [-0.25, -0.2) is 0 Å². The molecule has 2 N–H and O–H groups in total. The molecular formula is C17H21NO. The van der Waals surface area contributed by atoms with Crippen LogP contribution in [-0.4, -0.2) is 13.7 Å². The Hall–Kier alpha value is -1.64. The highest BCUT2D eigenvalue weighted by molar-refractivity contribution is 5.68. The highest BCUT2D eigenvalue weighted by atomic mass is 16.5. The summed E-state index contributed by atoms with van der Waals surface area (Å²) in [5.41, 5.74) is 10.7. The van der Waals surface area contributed by atoms with Gasteiger partial charge in [0, 0.05) is 7.11 Å². The summed E-state index contributed by atoms with van der Waals surface area (Å²) in [6, 6.07) is 17.0. The Morgan fingerprint density at radius 1 is 1.11 bits per heavy atom. The number of hydrogen-bond donors (Lipinski definition) is 1. The zero-order valence-corrected chi connectivity index (χ0v) is 11.6. The number of rotatable bonds is 5. The Balaban J connectivity index is 2.41. The SMILES string of the molecule is CO[C@@H](C)c1cccc(-c2ccccc2CCN)c1. The van der Waals surface area contributed by atoms with Crippen LogP contribution in [0.15, 0.2) is 48.5 Å². The van der Waals surface area contributed by atoms with Crippen LogP contribution in [0.2, 0.25) is 0 Å². The van der Waals surface area contributed by atoms with Crippen molar-refractivity contribution in [3.05, 3.63) is 59.7 Å². The summed E-state index contributed by atoms with van der Waals surface area (Å²) in [5.74, 6) is 0. The smallest absolute Gasteiger partial charge is 0.0793 e. The van der Waals surface area contributed by atoms with Crippen LogP contribution in [-0.2, 0) is 11.2 Å². The second-order valence-corrected chi connectivity index (χ2v) is 4.70. The van der Waals surface area contributed by atoms with Crippen molar-refractivity contribution in [2.75, 3.05) is 13.7 Å². The third-order valence-corrected chi connectivity index (χ3v) is 3.45. The number of ether oxygens (including phenoxy) is 1. The van der Waals surface area contributed by atoms with Crippen LogP contribution in [0.4, 0.5) is 0 Å². The van der Waals surface area contributed by atoms with E-state index in [1.807, 2.05) is 0 Å². The summed E-state index contributed by atoms with van der Waals surface area (Å²) >= 11 is 0. The Kier molecular flexibility index (Phi) is 4.72. The minimum absolute atomic E-state index is 0.113. The molecule has 0 bridgehead atoms. The minimum atomic E-state index is 0.113. The van der Waals surface area contributed by atoms with Gasteiger partial charge >= 0.3 is 0 Å².